The zero-order chi connectivity index (χ0) is 15.9. The number of hydrogen-bond acceptors (Lipinski definition) is 7. The zero-order valence-electron chi connectivity index (χ0n) is 11.9. The Hall–Kier alpha value is -3.16. The van der Waals surface area contributed by atoms with Gasteiger partial charge in [-0.3, -0.25) is 0 Å². The first-order valence-corrected chi connectivity index (χ1v) is 6.13. The van der Waals surface area contributed by atoms with Gasteiger partial charge in [0, 0.05) is 18.2 Å². The summed E-state index contributed by atoms with van der Waals surface area (Å²) in [6, 6.07) is 6.01. The summed E-state index contributed by atoms with van der Waals surface area (Å²) in [5, 5.41) is 13.6. The molecule has 116 valence electrons. The first-order valence-electron chi connectivity index (χ1n) is 6.13. The van der Waals surface area contributed by atoms with Crippen LogP contribution in [0, 0.1) is 0 Å². The van der Waals surface area contributed by atoms with Gasteiger partial charge in [0.1, 0.15) is 17.2 Å². The lowest BCUT2D eigenvalue weighted by Crippen LogP contribution is -2.21. The molecule has 0 atom stereocenters. The number of aromatic hydroxyl groups is 1. The predicted octanol–water partition coefficient (Wildman–Crippen LogP) is 2.12. The molecule has 0 unspecified atom stereocenters. The molecular weight excluding hydrogens is 292 g/mol. The number of benzene rings is 1. The van der Waals surface area contributed by atoms with Gasteiger partial charge in [0.2, 0.25) is 0 Å². The molecule has 1 aromatic carbocycles. The number of phenols is 1. The van der Waals surface area contributed by atoms with E-state index in [9.17, 15) is 9.90 Å². The van der Waals surface area contributed by atoms with Gasteiger partial charge in [-0.25, -0.2) is 10.2 Å². The van der Waals surface area contributed by atoms with Crippen LogP contribution in [0.2, 0.25) is 0 Å². The van der Waals surface area contributed by atoms with Crippen molar-refractivity contribution in [1.82, 2.24) is 5.43 Å². The summed E-state index contributed by atoms with van der Waals surface area (Å²) < 4.78 is 19.7. The normalized spacial score (nSPS) is 10.5. The molecule has 1 heterocycles. The van der Waals surface area contributed by atoms with E-state index < -0.39 is 6.09 Å². The van der Waals surface area contributed by atoms with E-state index in [0.717, 1.165) is 0 Å². The molecule has 22 heavy (non-hydrogen) atoms. The van der Waals surface area contributed by atoms with Gasteiger partial charge in [0.25, 0.3) is 5.95 Å². The summed E-state index contributed by atoms with van der Waals surface area (Å²) in [5.41, 5.74) is 2.41. The van der Waals surface area contributed by atoms with Crippen molar-refractivity contribution in [3.63, 3.8) is 0 Å². The summed E-state index contributed by atoms with van der Waals surface area (Å²) in [6.07, 6.45) is 1.75. The van der Waals surface area contributed by atoms with Crippen LogP contribution in [0.3, 0.4) is 0 Å². The van der Waals surface area contributed by atoms with Crippen LogP contribution in [0.1, 0.15) is 5.56 Å². The highest BCUT2D eigenvalue weighted by molar-refractivity contribution is 5.88. The Morgan fingerprint density at radius 2 is 2.18 bits per heavy atom. The van der Waals surface area contributed by atoms with Crippen molar-refractivity contribution >= 4 is 12.3 Å². The minimum Gasteiger partial charge on any atom is -0.507 e. The molecule has 0 bridgehead atoms. The molecule has 1 amide bonds. The molecule has 1 aromatic heterocycles. The fraction of sp³-hybridized carbons (Fsp3) is 0.143. The number of amides is 1. The fourth-order valence-electron chi connectivity index (χ4n) is 1.59. The van der Waals surface area contributed by atoms with Crippen molar-refractivity contribution in [2.75, 3.05) is 14.2 Å². The standard InChI is InChI=1S/C14H14N2O6/c1-19-9-6-11(17)10(12(7-9)20-2)8-15-16-14(18)22-13-4-3-5-21-13/h3-8,17H,1-2H3,(H,16,18). The average Bonchev–Trinajstić information content (AvgIpc) is 3.01. The van der Waals surface area contributed by atoms with E-state index in [4.69, 9.17) is 18.6 Å². The minimum absolute atomic E-state index is 0.0394. The summed E-state index contributed by atoms with van der Waals surface area (Å²) in [7, 11) is 2.90. The lowest BCUT2D eigenvalue weighted by atomic mass is 10.2. The number of rotatable bonds is 5. The van der Waals surface area contributed by atoms with Gasteiger partial charge in [-0.15, -0.1) is 0 Å². The van der Waals surface area contributed by atoms with Gasteiger partial charge < -0.3 is 23.7 Å². The zero-order valence-corrected chi connectivity index (χ0v) is 11.9. The number of hydrazone groups is 1. The summed E-state index contributed by atoms with van der Waals surface area (Å²) in [5.74, 6) is 0.692. The number of hydrogen-bond donors (Lipinski definition) is 2. The monoisotopic (exact) mass is 306 g/mol. The van der Waals surface area contributed by atoms with Crippen molar-refractivity contribution in [1.29, 1.82) is 0 Å². The first-order chi connectivity index (χ1) is 10.6. The van der Waals surface area contributed by atoms with Gasteiger partial charge in [-0.05, 0) is 6.07 Å². The van der Waals surface area contributed by atoms with Crippen LogP contribution in [0.4, 0.5) is 4.79 Å². The molecule has 2 rings (SSSR count). The Bertz CT molecular complexity index is 666. The van der Waals surface area contributed by atoms with E-state index in [2.05, 4.69) is 10.5 Å². The van der Waals surface area contributed by atoms with Gasteiger partial charge in [0.05, 0.1) is 32.3 Å². The highest BCUT2D eigenvalue weighted by Gasteiger charge is 2.10. The maximum Gasteiger partial charge on any atom is 0.435 e. The summed E-state index contributed by atoms with van der Waals surface area (Å²) >= 11 is 0. The number of phenolic OH excluding ortho intramolecular Hbond substituents is 1. The maximum absolute atomic E-state index is 11.4. The predicted molar refractivity (Wildman–Crippen MR) is 76.7 cm³/mol. The molecule has 0 radical (unpaired) electrons. The lowest BCUT2D eigenvalue weighted by Gasteiger charge is -2.09. The number of carbonyl (C=O) groups excluding carboxylic acids is 1. The van der Waals surface area contributed by atoms with Crippen molar-refractivity contribution < 1.29 is 28.5 Å². The van der Waals surface area contributed by atoms with Gasteiger partial charge in [-0.1, -0.05) is 0 Å². The topological polar surface area (TPSA) is 103 Å². The van der Waals surface area contributed by atoms with Gasteiger partial charge in [-0.2, -0.15) is 5.10 Å². The van der Waals surface area contributed by atoms with Crippen molar-refractivity contribution in [3.05, 3.63) is 36.1 Å². The molecule has 0 fully saturated rings. The molecule has 0 aliphatic heterocycles. The quantitative estimate of drug-likeness (QED) is 0.648. The average molecular weight is 306 g/mol. The Kier molecular flexibility index (Phi) is 4.86. The Morgan fingerprint density at radius 1 is 1.36 bits per heavy atom. The lowest BCUT2D eigenvalue weighted by molar-refractivity contribution is 0.188. The van der Waals surface area contributed by atoms with Crippen LogP contribution in [-0.4, -0.2) is 31.6 Å². The van der Waals surface area contributed by atoms with Crippen LogP contribution in [0.25, 0.3) is 0 Å². The molecule has 8 nitrogen and oxygen atoms in total. The molecule has 0 aliphatic carbocycles. The number of ether oxygens (including phenoxy) is 3. The van der Waals surface area contributed by atoms with Crippen molar-refractivity contribution in [3.8, 4) is 23.2 Å². The number of carbonyl (C=O) groups is 1. The Balaban J connectivity index is 2.05. The maximum atomic E-state index is 11.4. The van der Waals surface area contributed by atoms with Crippen LogP contribution < -0.4 is 19.6 Å². The third kappa shape index (κ3) is 3.69. The smallest absolute Gasteiger partial charge is 0.435 e. The molecule has 2 aromatic rings. The molecule has 0 saturated carbocycles. The second-order valence-corrected chi connectivity index (χ2v) is 3.95. The van der Waals surface area contributed by atoms with Crippen LogP contribution in [-0.2, 0) is 0 Å². The summed E-state index contributed by atoms with van der Waals surface area (Å²) in [4.78, 5) is 11.4. The van der Waals surface area contributed by atoms with E-state index in [1.54, 1.807) is 12.1 Å². The molecule has 0 aliphatic rings. The Labute approximate surface area is 125 Å². The third-order valence-corrected chi connectivity index (χ3v) is 2.59. The number of furan rings is 1. The number of methoxy groups -OCH3 is 2. The largest absolute Gasteiger partial charge is 0.507 e. The number of nitrogens with one attached hydrogen (secondary N) is 1. The summed E-state index contributed by atoms with van der Waals surface area (Å²) in [6.45, 7) is 0. The molecule has 0 spiro atoms. The SMILES string of the molecule is COc1cc(O)c(C=NNC(=O)Oc2ccco2)c(OC)c1. The van der Waals surface area contributed by atoms with E-state index in [1.165, 1.54) is 38.8 Å². The second-order valence-electron chi connectivity index (χ2n) is 3.95. The Morgan fingerprint density at radius 3 is 2.82 bits per heavy atom. The number of nitrogens with zero attached hydrogens (tertiary/aromatic N) is 1. The van der Waals surface area contributed by atoms with E-state index in [0.29, 0.717) is 11.5 Å². The van der Waals surface area contributed by atoms with Crippen LogP contribution in [0.15, 0.2) is 40.0 Å². The minimum atomic E-state index is -0.835. The van der Waals surface area contributed by atoms with E-state index in [-0.39, 0.29) is 17.3 Å². The molecular formula is C14H14N2O6. The van der Waals surface area contributed by atoms with E-state index in [1.807, 2.05) is 0 Å². The molecule has 0 saturated heterocycles. The van der Waals surface area contributed by atoms with E-state index >= 15 is 0 Å². The molecule has 2 N–H and O–H groups in total. The molecule has 8 heteroatoms. The van der Waals surface area contributed by atoms with Crippen molar-refractivity contribution in [2.45, 2.75) is 0 Å². The van der Waals surface area contributed by atoms with Crippen LogP contribution >= 0.6 is 0 Å². The van der Waals surface area contributed by atoms with Gasteiger partial charge in [0.15, 0.2) is 0 Å². The van der Waals surface area contributed by atoms with Gasteiger partial charge >= 0.3 is 6.09 Å². The van der Waals surface area contributed by atoms with Crippen LogP contribution in [0.5, 0.6) is 23.2 Å². The second kappa shape index (κ2) is 7.02. The highest BCUT2D eigenvalue weighted by Crippen LogP contribution is 2.31. The van der Waals surface area contributed by atoms with Crippen molar-refractivity contribution in [2.24, 2.45) is 5.10 Å². The first kappa shape index (κ1) is 15.2. The highest BCUT2D eigenvalue weighted by atomic mass is 16.6. The fourth-order valence-corrected chi connectivity index (χ4v) is 1.59. The third-order valence-electron chi connectivity index (χ3n) is 2.59.